The molecule has 0 N–H and O–H groups in total. The van der Waals surface area contributed by atoms with E-state index in [1.807, 2.05) is 30.3 Å². The summed E-state index contributed by atoms with van der Waals surface area (Å²) in [5.74, 6) is -4.35. The molecule has 14 heteroatoms. The Bertz CT molecular complexity index is 1720. The normalized spacial score (nSPS) is 26.0. The minimum absolute atomic E-state index is 0.00860. The maximum Gasteiger partial charge on any atom is 0.254 e. The van der Waals surface area contributed by atoms with Crippen LogP contribution in [0.3, 0.4) is 0 Å². The van der Waals surface area contributed by atoms with Crippen LogP contribution in [-0.2, 0) is 18.9 Å². The lowest BCUT2D eigenvalue weighted by atomic mass is 9.95. The zero-order chi connectivity index (χ0) is 31.9. The molecule has 0 radical (unpaired) electrons. The number of nitrogens with zero attached hydrogens (tertiary/aromatic N) is 4. The van der Waals surface area contributed by atoms with Crippen LogP contribution >= 0.6 is 23.4 Å². The molecule has 3 fully saturated rings. The number of halogens is 4. The highest BCUT2D eigenvalue weighted by molar-refractivity contribution is 8.00. The van der Waals surface area contributed by atoms with Crippen LogP contribution in [0.2, 0.25) is 5.02 Å². The van der Waals surface area contributed by atoms with Crippen LogP contribution in [0.15, 0.2) is 71.8 Å². The van der Waals surface area contributed by atoms with E-state index < -0.39 is 53.5 Å². The van der Waals surface area contributed by atoms with Crippen molar-refractivity contribution in [3.8, 4) is 11.3 Å². The van der Waals surface area contributed by atoms with Crippen molar-refractivity contribution in [3.05, 3.63) is 100 Å². The number of aromatic nitrogens is 3. The number of amides is 1. The van der Waals surface area contributed by atoms with Crippen molar-refractivity contribution in [2.24, 2.45) is 0 Å². The smallest absolute Gasteiger partial charge is 0.254 e. The van der Waals surface area contributed by atoms with E-state index in [1.165, 1.54) is 29.8 Å². The van der Waals surface area contributed by atoms with Gasteiger partial charge in [-0.15, -0.1) is 5.10 Å². The number of carbonyl (C=O) groups excluding carboxylic acids is 1. The first-order valence-corrected chi connectivity index (χ1v) is 15.9. The molecule has 3 unspecified atom stereocenters. The van der Waals surface area contributed by atoms with E-state index >= 15 is 0 Å². The summed E-state index contributed by atoms with van der Waals surface area (Å²) in [5.41, 5.74) is 0.717. The van der Waals surface area contributed by atoms with E-state index in [9.17, 15) is 18.0 Å². The van der Waals surface area contributed by atoms with Crippen molar-refractivity contribution in [2.75, 3.05) is 26.8 Å². The van der Waals surface area contributed by atoms with Crippen LogP contribution in [0.5, 0.6) is 0 Å². The van der Waals surface area contributed by atoms with Gasteiger partial charge in [0, 0.05) is 41.2 Å². The minimum Gasteiger partial charge on any atom is -0.375 e. The number of benzene rings is 3. The van der Waals surface area contributed by atoms with Crippen molar-refractivity contribution in [2.45, 2.75) is 47.4 Å². The summed E-state index contributed by atoms with van der Waals surface area (Å²) in [6, 6.07) is 15.6. The predicted octanol–water partition coefficient (Wildman–Crippen LogP) is 6.05. The lowest BCUT2D eigenvalue weighted by Crippen LogP contribution is -2.59. The Morgan fingerprint density at radius 3 is 2.50 bits per heavy atom. The van der Waals surface area contributed by atoms with Gasteiger partial charge in [-0.1, -0.05) is 58.9 Å². The predicted molar refractivity (Wildman–Crippen MR) is 162 cm³/mol. The first-order chi connectivity index (χ1) is 22.3. The average Bonchev–Trinajstić information content (AvgIpc) is 3.52. The Balaban J connectivity index is 1.25. The molecule has 46 heavy (non-hydrogen) atoms. The van der Waals surface area contributed by atoms with Crippen LogP contribution in [-0.4, -0.2) is 76.4 Å². The van der Waals surface area contributed by atoms with Gasteiger partial charge in [-0.05, 0) is 36.8 Å². The van der Waals surface area contributed by atoms with Crippen molar-refractivity contribution >= 4 is 29.3 Å². The van der Waals surface area contributed by atoms with Gasteiger partial charge in [0.2, 0.25) is 0 Å². The van der Waals surface area contributed by atoms with Gasteiger partial charge in [0.15, 0.2) is 23.7 Å². The molecule has 4 heterocycles. The Hall–Kier alpha value is -3.46. The summed E-state index contributed by atoms with van der Waals surface area (Å²) in [4.78, 5) is 15.7. The number of thioether (sulfide) groups is 1. The molecule has 1 amide bonds. The van der Waals surface area contributed by atoms with Crippen molar-refractivity contribution < 1.29 is 36.9 Å². The molecule has 0 saturated carbocycles. The Morgan fingerprint density at radius 2 is 1.80 bits per heavy atom. The highest BCUT2D eigenvalue weighted by Crippen LogP contribution is 2.45. The molecular weight excluding hydrogens is 645 g/mol. The first kappa shape index (κ1) is 31.2. The third-order valence-electron chi connectivity index (χ3n) is 8.31. The third-order valence-corrected chi connectivity index (χ3v) is 9.75. The molecule has 3 aliphatic rings. The van der Waals surface area contributed by atoms with Gasteiger partial charge in [-0.25, -0.2) is 17.9 Å². The number of hydrogen-bond acceptors (Lipinski definition) is 8. The van der Waals surface area contributed by atoms with Crippen LogP contribution in [0, 0.1) is 17.5 Å². The lowest BCUT2D eigenvalue weighted by Gasteiger charge is -2.48. The zero-order valence-corrected chi connectivity index (χ0v) is 26.0. The Kier molecular flexibility index (Phi) is 8.79. The van der Waals surface area contributed by atoms with Crippen LogP contribution in [0.1, 0.15) is 34.7 Å². The number of carbonyl (C=O) groups is 1. The molecule has 0 spiro atoms. The molecule has 1 aromatic heterocycles. The molecule has 0 aliphatic carbocycles. The summed E-state index contributed by atoms with van der Waals surface area (Å²) < 4.78 is 68.6. The minimum atomic E-state index is -1.57. The monoisotopic (exact) mass is 672 g/mol. The van der Waals surface area contributed by atoms with Gasteiger partial charge in [0.05, 0.1) is 18.4 Å². The quantitative estimate of drug-likeness (QED) is 0.220. The fraction of sp³-hybridized carbons (Fsp3) is 0.344. The summed E-state index contributed by atoms with van der Waals surface area (Å²) >= 11 is 7.68. The van der Waals surface area contributed by atoms with Crippen LogP contribution < -0.4 is 0 Å². The highest BCUT2D eigenvalue weighted by atomic mass is 35.5. The van der Waals surface area contributed by atoms with Crippen LogP contribution in [0.4, 0.5) is 13.2 Å². The summed E-state index contributed by atoms with van der Waals surface area (Å²) in [7, 11) is 1.52. The number of hydrogen-bond donors (Lipinski definition) is 0. The van der Waals surface area contributed by atoms with Gasteiger partial charge >= 0.3 is 0 Å². The Morgan fingerprint density at radius 1 is 1.04 bits per heavy atom. The van der Waals surface area contributed by atoms with Crippen molar-refractivity contribution in [1.82, 2.24) is 19.9 Å². The van der Waals surface area contributed by atoms with E-state index in [-0.39, 0.29) is 23.8 Å². The molecule has 9 nitrogen and oxygen atoms in total. The molecule has 7 rings (SSSR count). The summed E-state index contributed by atoms with van der Waals surface area (Å²) in [5, 5.41) is 8.91. The van der Waals surface area contributed by atoms with E-state index in [4.69, 9.17) is 30.5 Å². The fourth-order valence-electron chi connectivity index (χ4n) is 5.84. The molecule has 4 aromatic rings. The Labute approximate surface area is 271 Å². The van der Waals surface area contributed by atoms with E-state index in [1.54, 1.807) is 23.1 Å². The second-order valence-electron chi connectivity index (χ2n) is 11.2. The van der Waals surface area contributed by atoms with Crippen LogP contribution in [0.25, 0.3) is 11.3 Å². The van der Waals surface area contributed by atoms with Gasteiger partial charge < -0.3 is 23.8 Å². The topological polar surface area (TPSA) is 87.9 Å². The zero-order valence-electron chi connectivity index (χ0n) is 24.4. The molecule has 0 bridgehead atoms. The number of methoxy groups -OCH3 is 1. The van der Waals surface area contributed by atoms with Gasteiger partial charge in [-0.3, -0.25) is 4.79 Å². The van der Waals surface area contributed by atoms with Crippen molar-refractivity contribution in [3.63, 3.8) is 0 Å². The largest absolute Gasteiger partial charge is 0.375 e. The van der Waals surface area contributed by atoms with Gasteiger partial charge in [-0.2, -0.15) is 0 Å². The molecule has 3 saturated heterocycles. The molecule has 240 valence electrons. The van der Waals surface area contributed by atoms with E-state index in [0.717, 1.165) is 24.1 Å². The SMILES string of the molecule is CO[C@H]1C(n2cc(-c3cc(F)c(F)c(F)c3)nn2)[C@H]2OC(c3ccccc3)OCC2O[C@@H]1Sc1cc(Cl)ccc1C(=O)N1CCC1. The maximum absolute atomic E-state index is 14.1. The fourth-order valence-corrected chi connectivity index (χ4v) is 7.41. The highest BCUT2D eigenvalue weighted by Gasteiger charge is 2.52. The number of likely N-dealkylation sites (tertiary alicyclic amines) is 1. The standard InChI is InChI=1S/C32H28ClF3N4O5S/c1-42-29-27(40-15-23(37-38-40)18-12-21(34)26(36)22(35)13-18)28-24(16-43-31(45-28)17-6-3-2-4-7-17)44-32(29)46-25-14-19(33)8-9-20(25)30(41)39-10-5-11-39/h2-4,6-9,12-15,24,27-29,31-32H,5,10-11,16H2,1H3/t24?,27?,28-,29-,31?,32+/m0/s1. The van der Waals surface area contributed by atoms with E-state index in [2.05, 4.69) is 10.3 Å². The van der Waals surface area contributed by atoms with Crippen molar-refractivity contribution in [1.29, 1.82) is 0 Å². The van der Waals surface area contributed by atoms with E-state index in [0.29, 0.717) is 28.6 Å². The maximum atomic E-state index is 14.1. The first-order valence-electron chi connectivity index (χ1n) is 14.6. The molecule has 3 aliphatic heterocycles. The average molecular weight is 673 g/mol. The second kappa shape index (κ2) is 13.0. The second-order valence-corrected chi connectivity index (χ2v) is 12.7. The van der Waals surface area contributed by atoms with Gasteiger partial charge in [0.25, 0.3) is 5.91 Å². The number of ether oxygens (including phenoxy) is 4. The summed E-state index contributed by atoms with van der Waals surface area (Å²) in [6.45, 7) is 1.54. The number of rotatable bonds is 7. The summed E-state index contributed by atoms with van der Waals surface area (Å²) in [6.07, 6.45) is -0.267. The third kappa shape index (κ3) is 5.91. The lowest BCUT2D eigenvalue weighted by molar-refractivity contribution is -0.308. The number of fused-ring (bicyclic) bond motifs is 1. The molecular formula is C32H28ClF3N4O5S. The molecule has 6 atom stereocenters. The van der Waals surface area contributed by atoms with Gasteiger partial charge in [0.1, 0.15) is 35.5 Å². The molecule has 3 aromatic carbocycles.